The molecule has 1 aliphatic carbocycles. The first kappa shape index (κ1) is 6.96. The first-order valence-electron chi connectivity index (χ1n) is 2.96. The summed E-state index contributed by atoms with van der Waals surface area (Å²) in [4.78, 5) is 0. The Morgan fingerprint density at radius 2 is 2.22 bits per heavy atom. The van der Waals surface area contributed by atoms with Gasteiger partial charge in [-0.3, -0.25) is 0 Å². The largest absolute Gasteiger partial charge is 0.306 e. The second-order valence-corrected chi connectivity index (χ2v) is 3.58. The number of rotatable bonds is 2. The average molecular weight is 146 g/mol. The van der Waals surface area contributed by atoms with Crippen molar-refractivity contribution < 1.29 is 8.76 Å². The molecule has 1 unspecified atom stereocenters. The molecule has 1 rings (SSSR count). The first-order chi connectivity index (χ1) is 4.24. The minimum absolute atomic E-state index is 0.0213. The minimum Gasteiger partial charge on any atom is -0.306 e. The van der Waals surface area contributed by atoms with E-state index in [4.69, 9.17) is 4.55 Å². The van der Waals surface area contributed by atoms with Crippen LogP contribution in [0.4, 0.5) is 0 Å². The molecule has 0 aromatic rings. The fourth-order valence-corrected chi connectivity index (χ4v) is 1.79. The molecule has 1 fully saturated rings. The Morgan fingerprint density at radius 3 is 2.56 bits per heavy atom. The molecule has 0 aromatic heterocycles. The summed E-state index contributed by atoms with van der Waals surface area (Å²) in [5.41, 5.74) is 0. The van der Waals surface area contributed by atoms with Gasteiger partial charge >= 0.3 is 0 Å². The molecule has 1 aliphatic rings. The van der Waals surface area contributed by atoms with E-state index in [1.165, 1.54) is 0 Å². The van der Waals surface area contributed by atoms with Crippen LogP contribution in [0.15, 0.2) is 12.7 Å². The number of hydrogen-bond donors (Lipinski definition) is 1. The normalized spacial score (nSPS) is 37.0. The van der Waals surface area contributed by atoms with E-state index >= 15 is 0 Å². The van der Waals surface area contributed by atoms with Gasteiger partial charge in [0.15, 0.2) is 11.1 Å². The van der Waals surface area contributed by atoms with E-state index in [0.717, 1.165) is 12.8 Å². The van der Waals surface area contributed by atoms with E-state index in [-0.39, 0.29) is 5.25 Å². The van der Waals surface area contributed by atoms with Gasteiger partial charge in [0.25, 0.3) is 0 Å². The fourth-order valence-electron chi connectivity index (χ4n) is 0.963. The van der Waals surface area contributed by atoms with Crippen molar-refractivity contribution in [3.05, 3.63) is 12.7 Å². The van der Waals surface area contributed by atoms with Crippen molar-refractivity contribution in [1.82, 2.24) is 0 Å². The van der Waals surface area contributed by atoms with Crippen LogP contribution in [-0.2, 0) is 11.1 Å². The summed E-state index contributed by atoms with van der Waals surface area (Å²) in [5, 5.41) is 0.0213. The average Bonchev–Trinajstić information content (AvgIpc) is 1.61. The zero-order chi connectivity index (χ0) is 6.85. The van der Waals surface area contributed by atoms with Gasteiger partial charge in [-0.2, -0.15) is 0 Å². The summed E-state index contributed by atoms with van der Waals surface area (Å²) in [5.74, 6) is 0.492. The van der Waals surface area contributed by atoms with Crippen molar-refractivity contribution in [3.8, 4) is 0 Å². The summed E-state index contributed by atoms with van der Waals surface area (Å²) in [7, 11) is 0. The molecular formula is C6H10O2S. The summed E-state index contributed by atoms with van der Waals surface area (Å²) in [6.07, 6.45) is 3.53. The van der Waals surface area contributed by atoms with E-state index in [9.17, 15) is 4.21 Å². The van der Waals surface area contributed by atoms with Crippen LogP contribution in [0, 0.1) is 5.92 Å². The highest BCUT2D eigenvalue weighted by Crippen LogP contribution is 2.31. The van der Waals surface area contributed by atoms with Crippen LogP contribution in [0.1, 0.15) is 12.8 Å². The maximum atomic E-state index is 10.3. The predicted octanol–water partition coefficient (Wildman–Crippen LogP) is 1.17. The molecule has 1 N–H and O–H groups in total. The van der Waals surface area contributed by atoms with Crippen molar-refractivity contribution in [3.63, 3.8) is 0 Å². The number of hydrogen-bond acceptors (Lipinski definition) is 1. The zero-order valence-electron chi connectivity index (χ0n) is 5.12. The van der Waals surface area contributed by atoms with Gasteiger partial charge in [0, 0.05) is 0 Å². The topological polar surface area (TPSA) is 37.3 Å². The highest BCUT2D eigenvalue weighted by atomic mass is 32.2. The lowest BCUT2D eigenvalue weighted by atomic mass is 9.85. The lowest BCUT2D eigenvalue weighted by molar-refractivity contribution is 0.377. The summed E-state index contributed by atoms with van der Waals surface area (Å²) in [6.45, 7) is 3.60. The highest BCUT2D eigenvalue weighted by molar-refractivity contribution is 7.79. The Bertz CT molecular complexity index is 138. The molecule has 1 atom stereocenters. The Balaban J connectivity index is 2.26. The van der Waals surface area contributed by atoms with E-state index in [0.29, 0.717) is 5.92 Å². The van der Waals surface area contributed by atoms with Crippen molar-refractivity contribution in [2.75, 3.05) is 0 Å². The summed E-state index contributed by atoms with van der Waals surface area (Å²) < 4.78 is 18.8. The second kappa shape index (κ2) is 2.62. The third-order valence-electron chi connectivity index (χ3n) is 1.75. The molecule has 9 heavy (non-hydrogen) atoms. The van der Waals surface area contributed by atoms with Gasteiger partial charge < -0.3 is 4.55 Å². The Kier molecular flexibility index (Phi) is 2.03. The van der Waals surface area contributed by atoms with E-state index in [1.54, 1.807) is 0 Å². The van der Waals surface area contributed by atoms with E-state index < -0.39 is 11.1 Å². The van der Waals surface area contributed by atoms with Crippen LogP contribution in [-0.4, -0.2) is 14.0 Å². The van der Waals surface area contributed by atoms with Gasteiger partial charge in [-0.25, -0.2) is 4.21 Å². The van der Waals surface area contributed by atoms with Gasteiger partial charge in [0.2, 0.25) is 0 Å². The Morgan fingerprint density at radius 1 is 1.67 bits per heavy atom. The zero-order valence-corrected chi connectivity index (χ0v) is 5.93. The van der Waals surface area contributed by atoms with E-state index in [1.807, 2.05) is 6.08 Å². The molecule has 52 valence electrons. The van der Waals surface area contributed by atoms with Crippen LogP contribution in [0.3, 0.4) is 0 Å². The van der Waals surface area contributed by atoms with Crippen molar-refractivity contribution in [2.45, 2.75) is 18.1 Å². The van der Waals surface area contributed by atoms with Crippen molar-refractivity contribution in [1.29, 1.82) is 0 Å². The minimum atomic E-state index is -1.59. The Hall–Kier alpha value is -0.150. The van der Waals surface area contributed by atoms with Crippen molar-refractivity contribution in [2.24, 2.45) is 5.92 Å². The van der Waals surface area contributed by atoms with Crippen LogP contribution >= 0.6 is 0 Å². The molecule has 0 bridgehead atoms. The van der Waals surface area contributed by atoms with Gasteiger partial charge in [-0.1, -0.05) is 6.08 Å². The molecular weight excluding hydrogens is 136 g/mol. The molecule has 0 amide bonds. The van der Waals surface area contributed by atoms with Crippen LogP contribution < -0.4 is 0 Å². The maximum Gasteiger partial charge on any atom is 0.156 e. The molecule has 0 spiro atoms. The first-order valence-corrected chi connectivity index (χ1v) is 4.13. The third-order valence-corrected chi connectivity index (χ3v) is 2.70. The van der Waals surface area contributed by atoms with Gasteiger partial charge in [-0.15, -0.1) is 6.58 Å². The molecule has 0 heterocycles. The summed E-state index contributed by atoms with van der Waals surface area (Å²) >= 11 is -1.59. The molecule has 3 heteroatoms. The monoisotopic (exact) mass is 146 g/mol. The lowest BCUT2D eigenvalue weighted by Crippen LogP contribution is -2.30. The molecule has 2 nitrogen and oxygen atoms in total. The smallest absolute Gasteiger partial charge is 0.156 e. The lowest BCUT2D eigenvalue weighted by Gasteiger charge is -2.29. The van der Waals surface area contributed by atoms with Gasteiger partial charge in [-0.05, 0) is 18.8 Å². The van der Waals surface area contributed by atoms with Crippen LogP contribution in [0.5, 0.6) is 0 Å². The predicted molar refractivity (Wildman–Crippen MR) is 37.5 cm³/mol. The Labute approximate surface area is 57.2 Å². The molecule has 0 saturated heterocycles. The van der Waals surface area contributed by atoms with Crippen LogP contribution in [0.25, 0.3) is 0 Å². The van der Waals surface area contributed by atoms with E-state index in [2.05, 4.69) is 6.58 Å². The molecule has 0 radical (unpaired) electrons. The van der Waals surface area contributed by atoms with Crippen molar-refractivity contribution >= 4 is 11.1 Å². The third kappa shape index (κ3) is 1.40. The fraction of sp³-hybridized carbons (Fsp3) is 0.667. The molecule has 0 aliphatic heterocycles. The van der Waals surface area contributed by atoms with Gasteiger partial charge in [0.1, 0.15) is 0 Å². The molecule has 0 aromatic carbocycles. The van der Waals surface area contributed by atoms with Gasteiger partial charge in [0.05, 0.1) is 5.25 Å². The SMILES string of the molecule is C=CC1CC(S(=O)O)C1. The summed E-state index contributed by atoms with van der Waals surface area (Å²) in [6, 6.07) is 0. The second-order valence-electron chi connectivity index (χ2n) is 2.37. The quantitative estimate of drug-likeness (QED) is 0.469. The standard InChI is InChI=1S/C6H10O2S/c1-2-5-3-6(4-5)9(7)8/h2,5-6H,1,3-4H2,(H,7,8). The number of allylic oxidation sites excluding steroid dienone is 1. The maximum absolute atomic E-state index is 10.3. The highest BCUT2D eigenvalue weighted by Gasteiger charge is 2.30. The molecule has 1 saturated carbocycles. The van der Waals surface area contributed by atoms with Crippen LogP contribution in [0.2, 0.25) is 0 Å².